The molecule has 0 spiro atoms. The molecule has 0 aliphatic rings. The molecule has 0 aliphatic heterocycles. The predicted molar refractivity (Wildman–Crippen MR) is 72.4 cm³/mol. The largest absolute Gasteiger partial charge is 0.464 e. The van der Waals surface area contributed by atoms with Crippen molar-refractivity contribution in [2.45, 2.75) is 26.4 Å². The predicted octanol–water partition coefficient (Wildman–Crippen LogP) is 2.64. The summed E-state index contributed by atoms with van der Waals surface area (Å²) in [4.78, 5) is 6.46. The van der Waals surface area contributed by atoms with Crippen molar-refractivity contribution in [1.82, 2.24) is 4.98 Å². The van der Waals surface area contributed by atoms with Gasteiger partial charge in [0.05, 0.1) is 6.54 Å². The third-order valence-corrected chi connectivity index (χ3v) is 2.86. The molecule has 2 heterocycles. The minimum absolute atomic E-state index is 0.0329. The topological polar surface area (TPSA) is 55.3 Å². The van der Waals surface area contributed by atoms with Crippen molar-refractivity contribution in [2.24, 2.45) is 5.73 Å². The Morgan fingerprint density at radius 2 is 2.17 bits per heavy atom. The van der Waals surface area contributed by atoms with E-state index in [1.54, 1.807) is 6.20 Å². The molecule has 0 amide bonds. The Balaban J connectivity index is 2.20. The number of rotatable bonds is 4. The molecule has 4 heteroatoms. The highest BCUT2D eigenvalue weighted by Crippen LogP contribution is 2.23. The number of aryl methyl sites for hydroxylation is 1. The van der Waals surface area contributed by atoms with Crippen molar-refractivity contribution >= 4 is 5.82 Å². The first-order valence-corrected chi connectivity index (χ1v) is 6.05. The molecular formula is C14H19N3O. The van der Waals surface area contributed by atoms with Crippen LogP contribution in [0.2, 0.25) is 0 Å². The molecule has 2 aromatic rings. The third kappa shape index (κ3) is 2.71. The Kier molecular flexibility index (Phi) is 3.67. The highest BCUT2D eigenvalue weighted by molar-refractivity contribution is 5.47. The lowest BCUT2D eigenvalue weighted by atomic mass is 10.1. The number of anilines is 1. The monoisotopic (exact) mass is 245 g/mol. The van der Waals surface area contributed by atoms with Gasteiger partial charge in [-0.25, -0.2) is 4.98 Å². The summed E-state index contributed by atoms with van der Waals surface area (Å²) in [5, 5.41) is 0. The van der Waals surface area contributed by atoms with E-state index >= 15 is 0 Å². The molecular weight excluding hydrogens is 226 g/mol. The van der Waals surface area contributed by atoms with Crippen LogP contribution in [-0.2, 0) is 6.54 Å². The normalized spacial score (nSPS) is 12.4. The minimum atomic E-state index is -0.0329. The fourth-order valence-electron chi connectivity index (χ4n) is 1.96. The fraction of sp³-hybridized carbons (Fsp3) is 0.357. The van der Waals surface area contributed by atoms with Gasteiger partial charge in [0.15, 0.2) is 0 Å². The molecule has 96 valence electrons. The van der Waals surface area contributed by atoms with Crippen LogP contribution < -0.4 is 10.6 Å². The summed E-state index contributed by atoms with van der Waals surface area (Å²) < 4.78 is 5.58. The van der Waals surface area contributed by atoms with Crippen LogP contribution in [0.15, 0.2) is 34.9 Å². The molecule has 0 radical (unpaired) electrons. The summed E-state index contributed by atoms with van der Waals surface area (Å²) in [7, 11) is 1.99. The van der Waals surface area contributed by atoms with Gasteiger partial charge in [-0.05, 0) is 32.0 Å². The Morgan fingerprint density at radius 1 is 1.39 bits per heavy atom. The van der Waals surface area contributed by atoms with E-state index in [1.165, 1.54) is 0 Å². The highest BCUT2D eigenvalue weighted by Gasteiger charge is 2.13. The second-order valence-corrected chi connectivity index (χ2v) is 4.57. The van der Waals surface area contributed by atoms with Gasteiger partial charge in [-0.15, -0.1) is 0 Å². The number of pyridine rings is 1. The second kappa shape index (κ2) is 5.23. The SMILES string of the molecule is Cc1ccc(CN(C)c2ncccc2C(C)N)o1. The molecule has 0 fully saturated rings. The number of aromatic nitrogens is 1. The highest BCUT2D eigenvalue weighted by atomic mass is 16.3. The zero-order chi connectivity index (χ0) is 13.1. The molecule has 18 heavy (non-hydrogen) atoms. The van der Waals surface area contributed by atoms with Crippen LogP contribution in [0, 0.1) is 6.92 Å². The molecule has 1 atom stereocenters. The van der Waals surface area contributed by atoms with Crippen molar-refractivity contribution in [1.29, 1.82) is 0 Å². The minimum Gasteiger partial charge on any atom is -0.464 e. The lowest BCUT2D eigenvalue weighted by Gasteiger charge is -2.21. The Labute approximate surface area is 107 Å². The lowest BCUT2D eigenvalue weighted by molar-refractivity contribution is 0.481. The first kappa shape index (κ1) is 12.6. The van der Waals surface area contributed by atoms with Gasteiger partial charge in [-0.1, -0.05) is 6.07 Å². The molecule has 1 unspecified atom stereocenters. The average molecular weight is 245 g/mol. The smallest absolute Gasteiger partial charge is 0.133 e. The molecule has 2 N–H and O–H groups in total. The van der Waals surface area contributed by atoms with Crippen molar-refractivity contribution in [2.75, 3.05) is 11.9 Å². The molecule has 4 nitrogen and oxygen atoms in total. The molecule has 0 aliphatic carbocycles. The van der Waals surface area contributed by atoms with Gasteiger partial charge in [-0.2, -0.15) is 0 Å². The molecule has 0 saturated heterocycles. The van der Waals surface area contributed by atoms with E-state index in [2.05, 4.69) is 9.88 Å². The first-order chi connectivity index (χ1) is 8.58. The summed E-state index contributed by atoms with van der Waals surface area (Å²) in [6.07, 6.45) is 1.78. The van der Waals surface area contributed by atoms with Gasteiger partial charge in [0.25, 0.3) is 0 Å². The van der Waals surface area contributed by atoms with Gasteiger partial charge in [0.2, 0.25) is 0 Å². The quantitative estimate of drug-likeness (QED) is 0.899. The van der Waals surface area contributed by atoms with Crippen molar-refractivity contribution in [3.63, 3.8) is 0 Å². The summed E-state index contributed by atoms with van der Waals surface area (Å²) in [5.74, 6) is 2.75. The van der Waals surface area contributed by atoms with Gasteiger partial charge in [-0.3, -0.25) is 0 Å². The first-order valence-electron chi connectivity index (χ1n) is 6.05. The zero-order valence-electron chi connectivity index (χ0n) is 11.1. The summed E-state index contributed by atoms with van der Waals surface area (Å²) in [6.45, 7) is 4.59. The molecule has 0 aromatic carbocycles. The van der Waals surface area contributed by atoms with Crippen LogP contribution >= 0.6 is 0 Å². The molecule has 0 bridgehead atoms. The summed E-state index contributed by atoms with van der Waals surface area (Å²) >= 11 is 0. The second-order valence-electron chi connectivity index (χ2n) is 4.57. The van der Waals surface area contributed by atoms with E-state index in [-0.39, 0.29) is 6.04 Å². The molecule has 2 rings (SSSR count). The number of nitrogens with zero attached hydrogens (tertiary/aromatic N) is 2. The maximum atomic E-state index is 5.96. The van der Waals surface area contributed by atoms with Gasteiger partial charge in [0.1, 0.15) is 17.3 Å². The average Bonchev–Trinajstić information content (AvgIpc) is 2.74. The van der Waals surface area contributed by atoms with E-state index in [4.69, 9.17) is 10.2 Å². The van der Waals surface area contributed by atoms with Crippen LogP contribution in [0.3, 0.4) is 0 Å². The standard InChI is InChI=1S/C14H19N3O/c1-10-6-7-12(18-10)9-17(3)14-13(11(2)15)5-4-8-16-14/h4-8,11H,9,15H2,1-3H3. The van der Waals surface area contributed by atoms with E-state index in [0.29, 0.717) is 6.54 Å². The van der Waals surface area contributed by atoms with E-state index < -0.39 is 0 Å². The number of furan rings is 1. The maximum absolute atomic E-state index is 5.96. The van der Waals surface area contributed by atoms with Crippen LogP contribution in [-0.4, -0.2) is 12.0 Å². The zero-order valence-corrected chi connectivity index (χ0v) is 11.1. The van der Waals surface area contributed by atoms with Crippen molar-refractivity contribution in [3.05, 3.63) is 47.5 Å². The summed E-state index contributed by atoms with van der Waals surface area (Å²) in [6, 6.07) is 7.84. The van der Waals surface area contributed by atoms with Crippen LogP contribution in [0.25, 0.3) is 0 Å². The summed E-state index contributed by atoms with van der Waals surface area (Å²) in [5.41, 5.74) is 7.00. The number of hydrogen-bond donors (Lipinski definition) is 1. The van der Waals surface area contributed by atoms with Crippen LogP contribution in [0.1, 0.15) is 30.0 Å². The number of nitrogens with two attached hydrogens (primary N) is 1. The van der Waals surface area contributed by atoms with Gasteiger partial charge >= 0.3 is 0 Å². The van der Waals surface area contributed by atoms with E-state index in [1.807, 2.05) is 45.2 Å². The fourth-order valence-corrected chi connectivity index (χ4v) is 1.96. The van der Waals surface area contributed by atoms with E-state index in [9.17, 15) is 0 Å². The van der Waals surface area contributed by atoms with Crippen molar-refractivity contribution in [3.8, 4) is 0 Å². The Hall–Kier alpha value is -1.81. The van der Waals surface area contributed by atoms with E-state index in [0.717, 1.165) is 22.9 Å². The molecule has 2 aromatic heterocycles. The van der Waals surface area contributed by atoms with Crippen molar-refractivity contribution < 1.29 is 4.42 Å². The Bertz CT molecular complexity index is 519. The van der Waals surface area contributed by atoms with Gasteiger partial charge < -0.3 is 15.1 Å². The van der Waals surface area contributed by atoms with Gasteiger partial charge in [0, 0.05) is 24.8 Å². The third-order valence-electron chi connectivity index (χ3n) is 2.86. The van der Waals surface area contributed by atoms with Crippen LogP contribution in [0.5, 0.6) is 0 Å². The lowest BCUT2D eigenvalue weighted by Crippen LogP contribution is -2.21. The maximum Gasteiger partial charge on any atom is 0.133 e. The number of hydrogen-bond acceptors (Lipinski definition) is 4. The van der Waals surface area contributed by atoms with Crippen LogP contribution in [0.4, 0.5) is 5.82 Å². The molecule has 0 saturated carbocycles. The Morgan fingerprint density at radius 3 is 2.78 bits per heavy atom.